The molecule has 3 aromatic rings. The van der Waals surface area contributed by atoms with Gasteiger partial charge in [-0.25, -0.2) is 4.79 Å². The van der Waals surface area contributed by atoms with Crippen molar-refractivity contribution in [2.75, 3.05) is 24.4 Å². The monoisotopic (exact) mass is 449 g/mol. The Balaban J connectivity index is 1.61. The molecular weight excluding hydrogens is 429 g/mol. The fourth-order valence-electron chi connectivity index (χ4n) is 2.72. The number of anilines is 2. The molecule has 0 spiro atoms. The summed E-state index contributed by atoms with van der Waals surface area (Å²) >= 11 is 0. The Morgan fingerprint density at radius 3 is 1.78 bits per heavy atom. The molecular formula is C23H20N3O5P. The van der Waals surface area contributed by atoms with Crippen molar-refractivity contribution in [1.82, 2.24) is 4.98 Å². The molecule has 0 fully saturated rings. The summed E-state index contributed by atoms with van der Waals surface area (Å²) < 4.78 is 4.63. The van der Waals surface area contributed by atoms with Crippen molar-refractivity contribution in [3.05, 3.63) is 89.2 Å². The van der Waals surface area contributed by atoms with E-state index in [9.17, 15) is 19.2 Å². The summed E-state index contributed by atoms with van der Waals surface area (Å²) in [6.07, 6.45) is 1.31. The number of nitrogens with one attached hydrogen (secondary N) is 2. The second-order valence-corrected chi connectivity index (χ2v) is 7.52. The van der Waals surface area contributed by atoms with Crippen molar-refractivity contribution < 1.29 is 23.9 Å². The molecule has 0 aliphatic carbocycles. The molecule has 2 amide bonds. The predicted molar refractivity (Wildman–Crippen MR) is 123 cm³/mol. The Labute approximate surface area is 186 Å². The van der Waals surface area contributed by atoms with Crippen LogP contribution < -0.4 is 10.6 Å². The Morgan fingerprint density at radius 2 is 1.28 bits per heavy atom. The van der Waals surface area contributed by atoms with E-state index in [1.165, 1.54) is 37.6 Å². The van der Waals surface area contributed by atoms with E-state index in [0.29, 0.717) is 22.5 Å². The van der Waals surface area contributed by atoms with Gasteiger partial charge in [0.15, 0.2) is 5.52 Å². The first kappa shape index (κ1) is 22.8. The molecule has 162 valence electrons. The average Bonchev–Trinajstić information content (AvgIpc) is 2.84. The molecule has 1 unspecified atom stereocenters. The Kier molecular flexibility index (Phi) is 7.41. The third-order valence-corrected chi connectivity index (χ3v) is 5.20. The minimum absolute atomic E-state index is 0.0559. The van der Waals surface area contributed by atoms with Crippen molar-refractivity contribution in [2.45, 2.75) is 0 Å². The van der Waals surface area contributed by atoms with Gasteiger partial charge in [0.2, 0.25) is 0 Å². The highest BCUT2D eigenvalue weighted by molar-refractivity contribution is 7.58. The number of amides is 2. The second-order valence-electron chi connectivity index (χ2n) is 6.57. The Morgan fingerprint density at radius 1 is 0.750 bits per heavy atom. The van der Waals surface area contributed by atoms with Crippen LogP contribution in [-0.2, 0) is 4.74 Å². The second kappa shape index (κ2) is 10.4. The molecule has 0 saturated heterocycles. The normalized spacial score (nSPS) is 10.6. The van der Waals surface area contributed by atoms with Crippen molar-refractivity contribution in [2.24, 2.45) is 0 Å². The van der Waals surface area contributed by atoms with Gasteiger partial charge >= 0.3 is 5.97 Å². The number of pyridine rings is 1. The van der Waals surface area contributed by atoms with Crippen LogP contribution in [-0.4, -0.2) is 42.1 Å². The first-order chi connectivity index (χ1) is 15.4. The molecule has 2 N–H and O–H groups in total. The number of benzene rings is 2. The largest absolute Gasteiger partial charge is 0.465 e. The third kappa shape index (κ3) is 5.62. The lowest BCUT2D eigenvalue weighted by Gasteiger charge is -2.08. The van der Waals surface area contributed by atoms with Gasteiger partial charge in [-0.1, -0.05) is 0 Å². The van der Waals surface area contributed by atoms with Gasteiger partial charge in [0.25, 0.3) is 11.8 Å². The van der Waals surface area contributed by atoms with Gasteiger partial charge in [0.1, 0.15) is 5.69 Å². The minimum atomic E-state index is -0.468. The number of hydrogen-bond acceptors (Lipinski definition) is 6. The summed E-state index contributed by atoms with van der Waals surface area (Å²) in [5.41, 5.74) is 2.45. The molecule has 0 bridgehead atoms. The van der Waals surface area contributed by atoms with E-state index >= 15 is 0 Å². The predicted octanol–water partition coefficient (Wildman–Crippen LogP) is 3.82. The number of hydrogen-bond donors (Lipinski definition) is 2. The summed E-state index contributed by atoms with van der Waals surface area (Å²) in [6, 6.07) is 15.8. The number of aromatic nitrogens is 1. The first-order valence-corrected chi connectivity index (χ1v) is 11.0. The molecule has 1 aromatic heterocycles. The van der Waals surface area contributed by atoms with Crippen LogP contribution in [0.4, 0.5) is 11.4 Å². The van der Waals surface area contributed by atoms with E-state index in [1.54, 1.807) is 36.4 Å². The van der Waals surface area contributed by atoms with E-state index in [4.69, 9.17) is 0 Å². The molecule has 0 radical (unpaired) electrons. The molecule has 8 nitrogen and oxygen atoms in total. The van der Waals surface area contributed by atoms with Gasteiger partial charge < -0.3 is 15.4 Å². The standard InChI is InChI=1S/C23H20N3O5P/c1-31-22(29)14-3-8-18(9-4-14)26-21(28)19-12-7-16(13-24-19)20(27)25-17-10-5-15(6-11-17)23(30)32-2/h3-13,32H,1-2H3,(H,25,27)(H,26,28). The quantitative estimate of drug-likeness (QED) is 0.419. The lowest BCUT2D eigenvalue weighted by Crippen LogP contribution is -2.16. The molecule has 0 aliphatic heterocycles. The van der Waals surface area contributed by atoms with E-state index in [-0.39, 0.29) is 31.3 Å². The molecule has 0 saturated carbocycles. The van der Waals surface area contributed by atoms with Crippen LogP contribution in [0.3, 0.4) is 0 Å². The molecule has 32 heavy (non-hydrogen) atoms. The molecule has 3 rings (SSSR count). The van der Waals surface area contributed by atoms with Gasteiger partial charge in [-0.2, -0.15) is 0 Å². The maximum Gasteiger partial charge on any atom is 0.337 e. The number of methoxy groups -OCH3 is 1. The SMILES string of the molecule is COC(=O)c1ccc(NC(=O)c2ccc(C(=O)Nc3ccc(C(=O)PC)cc3)cn2)cc1. The fourth-order valence-corrected chi connectivity index (χ4v) is 3.17. The van der Waals surface area contributed by atoms with Crippen LogP contribution >= 0.6 is 8.58 Å². The first-order valence-electron chi connectivity index (χ1n) is 9.50. The van der Waals surface area contributed by atoms with E-state index in [0.717, 1.165) is 0 Å². The fraction of sp³-hybridized carbons (Fsp3) is 0.0870. The smallest absolute Gasteiger partial charge is 0.337 e. The lowest BCUT2D eigenvalue weighted by molar-refractivity contribution is 0.0600. The summed E-state index contributed by atoms with van der Waals surface area (Å²) in [5, 5.41) is 5.39. The summed E-state index contributed by atoms with van der Waals surface area (Å²) in [6.45, 7) is 1.82. The highest BCUT2D eigenvalue weighted by Gasteiger charge is 2.12. The number of carbonyl (C=O) groups excluding carboxylic acids is 4. The topological polar surface area (TPSA) is 114 Å². The molecule has 1 heterocycles. The number of ether oxygens (including phenoxy) is 1. The number of esters is 1. The van der Waals surface area contributed by atoms with Gasteiger partial charge in [-0.05, 0) is 75.9 Å². The number of carbonyl (C=O) groups is 4. The van der Waals surface area contributed by atoms with Crippen molar-refractivity contribution in [3.63, 3.8) is 0 Å². The van der Waals surface area contributed by atoms with Gasteiger partial charge in [-0.3, -0.25) is 19.4 Å². The van der Waals surface area contributed by atoms with Gasteiger partial charge in [-0.15, -0.1) is 0 Å². The van der Waals surface area contributed by atoms with E-state index in [2.05, 4.69) is 20.4 Å². The van der Waals surface area contributed by atoms with Crippen LogP contribution in [0.2, 0.25) is 0 Å². The lowest BCUT2D eigenvalue weighted by atomic mass is 10.2. The Hall–Kier alpha value is -3.90. The number of nitrogens with zero attached hydrogens (tertiary/aromatic N) is 1. The van der Waals surface area contributed by atoms with Crippen molar-refractivity contribution in [3.8, 4) is 0 Å². The zero-order chi connectivity index (χ0) is 23.1. The minimum Gasteiger partial charge on any atom is -0.465 e. The molecule has 2 aromatic carbocycles. The third-order valence-electron chi connectivity index (χ3n) is 4.45. The summed E-state index contributed by atoms with van der Waals surface area (Å²) in [4.78, 5) is 52.0. The number of rotatable bonds is 7. The van der Waals surface area contributed by atoms with Gasteiger partial charge in [0.05, 0.1) is 18.2 Å². The van der Waals surface area contributed by atoms with Gasteiger partial charge in [0, 0.05) is 23.1 Å². The summed E-state index contributed by atoms with van der Waals surface area (Å²) in [5.74, 6) is -1.32. The van der Waals surface area contributed by atoms with Crippen LogP contribution in [0.25, 0.3) is 0 Å². The molecule has 1 atom stereocenters. The van der Waals surface area contributed by atoms with Crippen molar-refractivity contribution >= 4 is 43.3 Å². The van der Waals surface area contributed by atoms with Crippen LogP contribution in [0.1, 0.15) is 41.6 Å². The Bertz CT molecular complexity index is 1050. The highest BCUT2D eigenvalue weighted by atomic mass is 31.1. The van der Waals surface area contributed by atoms with E-state index < -0.39 is 11.9 Å². The molecule has 9 heteroatoms. The zero-order valence-electron chi connectivity index (χ0n) is 17.3. The van der Waals surface area contributed by atoms with Crippen LogP contribution in [0.5, 0.6) is 0 Å². The molecule has 0 aliphatic rings. The van der Waals surface area contributed by atoms with Crippen LogP contribution in [0, 0.1) is 0 Å². The average molecular weight is 449 g/mol. The maximum absolute atomic E-state index is 12.4. The van der Waals surface area contributed by atoms with Crippen molar-refractivity contribution in [1.29, 1.82) is 0 Å². The highest BCUT2D eigenvalue weighted by Crippen LogP contribution is 2.18. The zero-order valence-corrected chi connectivity index (χ0v) is 18.3. The van der Waals surface area contributed by atoms with Crippen LogP contribution in [0.15, 0.2) is 66.9 Å². The van der Waals surface area contributed by atoms with E-state index in [1.807, 2.05) is 6.66 Å². The maximum atomic E-state index is 12.4. The summed E-state index contributed by atoms with van der Waals surface area (Å²) in [7, 11) is 1.47.